The lowest BCUT2D eigenvalue weighted by molar-refractivity contribution is 0.589. The molecule has 14 heavy (non-hydrogen) atoms. The lowest BCUT2D eigenvalue weighted by Crippen LogP contribution is -2.13. The molecule has 0 N–H and O–H groups in total. The predicted molar refractivity (Wildman–Crippen MR) is 59.1 cm³/mol. The molecule has 3 heteroatoms. The monoisotopic (exact) mass is 211 g/mol. The van der Waals surface area contributed by atoms with E-state index in [0.29, 0.717) is 0 Å². The van der Waals surface area contributed by atoms with Crippen LogP contribution in [0.4, 0.5) is 0 Å². The Hall–Kier alpha value is -0.830. The van der Waals surface area contributed by atoms with E-state index in [9.17, 15) is 8.42 Å². The standard InChI is InChI=1S/C11H15O2S/c1-8-4-6-11(7-5-8)9(2)10(3)14(12)13/h4-7,9-10,14H,1H2,2-3H3. The molecule has 2 nitrogen and oxygen atoms in total. The summed E-state index contributed by atoms with van der Waals surface area (Å²) < 4.78 is 21.6. The molecule has 0 aliphatic rings. The highest BCUT2D eigenvalue weighted by Gasteiger charge is 2.16. The normalized spacial score (nSPS) is 15.4. The van der Waals surface area contributed by atoms with Gasteiger partial charge in [-0.25, -0.2) is 8.42 Å². The fourth-order valence-corrected chi connectivity index (χ4v) is 1.82. The molecule has 0 aliphatic carbocycles. The summed E-state index contributed by atoms with van der Waals surface area (Å²) in [5.74, 6) is 0.0386. The van der Waals surface area contributed by atoms with Gasteiger partial charge in [0.25, 0.3) is 0 Å². The van der Waals surface area contributed by atoms with Crippen LogP contribution in [0.15, 0.2) is 24.3 Å². The third-order valence-corrected chi connectivity index (χ3v) is 3.67. The van der Waals surface area contributed by atoms with Gasteiger partial charge in [-0.2, -0.15) is 0 Å². The first kappa shape index (κ1) is 11.2. The lowest BCUT2D eigenvalue weighted by atomic mass is 9.97. The Morgan fingerprint density at radius 1 is 1.14 bits per heavy atom. The zero-order chi connectivity index (χ0) is 10.7. The minimum absolute atomic E-state index is 0.0386. The van der Waals surface area contributed by atoms with Crippen LogP contribution >= 0.6 is 0 Å². The average molecular weight is 211 g/mol. The van der Waals surface area contributed by atoms with Gasteiger partial charge in [-0.15, -0.1) is 0 Å². The first-order chi connectivity index (χ1) is 6.52. The van der Waals surface area contributed by atoms with Crippen molar-refractivity contribution in [2.75, 3.05) is 0 Å². The molecule has 1 radical (unpaired) electrons. The molecule has 0 amide bonds. The van der Waals surface area contributed by atoms with Crippen molar-refractivity contribution < 1.29 is 8.42 Å². The zero-order valence-electron chi connectivity index (χ0n) is 8.43. The molecule has 1 aromatic rings. The Balaban J connectivity index is 2.89. The second-order valence-corrected chi connectivity index (χ2v) is 4.94. The van der Waals surface area contributed by atoms with Crippen LogP contribution < -0.4 is 0 Å². The van der Waals surface area contributed by atoms with Crippen LogP contribution in [0.3, 0.4) is 0 Å². The molecule has 0 saturated heterocycles. The summed E-state index contributed by atoms with van der Waals surface area (Å²) >= 11 is 0. The topological polar surface area (TPSA) is 34.1 Å². The highest BCUT2D eigenvalue weighted by atomic mass is 32.2. The maximum absolute atomic E-state index is 10.8. The van der Waals surface area contributed by atoms with E-state index in [-0.39, 0.29) is 11.2 Å². The fraction of sp³-hybridized carbons (Fsp3) is 0.364. The minimum atomic E-state index is -2.35. The molecule has 2 atom stereocenters. The minimum Gasteiger partial charge on any atom is -0.232 e. The maximum atomic E-state index is 10.8. The predicted octanol–water partition coefficient (Wildman–Crippen LogP) is 1.97. The maximum Gasteiger partial charge on any atom is 0.143 e. The molecule has 1 aromatic carbocycles. The molecule has 1 rings (SSSR count). The Bertz CT molecular complexity index is 357. The van der Waals surface area contributed by atoms with Gasteiger partial charge in [0.2, 0.25) is 0 Å². The summed E-state index contributed by atoms with van der Waals surface area (Å²) in [6.45, 7) is 7.44. The molecule has 0 spiro atoms. The molecule has 0 aliphatic heterocycles. The van der Waals surface area contributed by atoms with Crippen LogP contribution in [-0.2, 0) is 10.7 Å². The van der Waals surface area contributed by atoms with Crippen LogP contribution in [0.2, 0.25) is 0 Å². The van der Waals surface area contributed by atoms with Gasteiger partial charge >= 0.3 is 0 Å². The fourth-order valence-electron chi connectivity index (χ4n) is 1.28. The van der Waals surface area contributed by atoms with Gasteiger partial charge in [0.05, 0.1) is 5.25 Å². The largest absolute Gasteiger partial charge is 0.232 e. The van der Waals surface area contributed by atoms with Gasteiger partial charge < -0.3 is 0 Å². The van der Waals surface area contributed by atoms with Crippen LogP contribution in [0, 0.1) is 6.92 Å². The lowest BCUT2D eigenvalue weighted by Gasteiger charge is -2.14. The van der Waals surface area contributed by atoms with E-state index in [1.165, 1.54) is 0 Å². The van der Waals surface area contributed by atoms with E-state index in [1.807, 2.05) is 31.2 Å². The Kier molecular flexibility index (Phi) is 3.69. The van der Waals surface area contributed by atoms with Crippen molar-refractivity contribution in [3.8, 4) is 0 Å². The number of benzene rings is 1. The van der Waals surface area contributed by atoms with Gasteiger partial charge in [0.15, 0.2) is 0 Å². The van der Waals surface area contributed by atoms with Crippen molar-refractivity contribution in [3.05, 3.63) is 42.3 Å². The zero-order valence-corrected chi connectivity index (χ0v) is 9.33. The van der Waals surface area contributed by atoms with E-state index >= 15 is 0 Å². The van der Waals surface area contributed by atoms with Gasteiger partial charge in [-0.1, -0.05) is 31.2 Å². The van der Waals surface area contributed by atoms with Gasteiger partial charge in [-0.05, 0) is 30.9 Å². The molecular weight excluding hydrogens is 196 g/mol. The average Bonchev–Trinajstić information content (AvgIpc) is 2.16. The van der Waals surface area contributed by atoms with Gasteiger partial charge in [-0.3, -0.25) is 0 Å². The molecule has 0 fully saturated rings. The van der Waals surface area contributed by atoms with Crippen molar-refractivity contribution in [1.82, 2.24) is 0 Å². The summed E-state index contributed by atoms with van der Waals surface area (Å²) in [7, 11) is -2.35. The van der Waals surface area contributed by atoms with Crippen LogP contribution in [0.25, 0.3) is 0 Å². The highest BCUT2D eigenvalue weighted by molar-refractivity contribution is 7.73. The summed E-state index contributed by atoms with van der Waals surface area (Å²) in [6, 6.07) is 7.66. The second-order valence-electron chi connectivity index (χ2n) is 3.56. The van der Waals surface area contributed by atoms with E-state index in [2.05, 4.69) is 6.92 Å². The van der Waals surface area contributed by atoms with Gasteiger partial charge in [0.1, 0.15) is 10.7 Å². The highest BCUT2D eigenvalue weighted by Crippen LogP contribution is 2.21. The van der Waals surface area contributed by atoms with Crippen LogP contribution in [0.5, 0.6) is 0 Å². The number of thiol groups is 1. The Labute approximate surface area is 86.9 Å². The molecule has 0 saturated carbocycles. The molecule has 0 heterocycles. The van der Waals surface area contributed by atoms with Crippen LogP contribution in [-0.4, -0.2) is 13.7 Å². The third-order valence-electron chi connectivity index (χ3n) is 2.56. The summed E-state index contributed by atoms with van der Waals surface area (Å²) in [5, 5.41) is -0.319. The van der Waals surface area contributed by atoms with E-state index in [1.54, 1.807) is 6.92 Å². The molecular formula is C11H15O2S. The smallest absolute Gasteiger partial charge is 0.143 e. The summed E-state index contributed by atoms with van der Waals surface area (Å²) in [5.41, 5.74) is 1.99. The molecule has 2 unspecified atom stereocenters. The second kappa shape index (κ2) is 4.60. The number of rotatable bonds is 3. The molecule has 77 valence electrons. The van der Waals surface area contributed by atoms with Gasteiger partial charge in [0, 0.05) is 0 Å². The van der Waals surface area contributed by atoms with Crippen molar-refractivity contribution in [3.63, 3.8) is 0 Å². The first-order valence-electron chi connectivity index (χ1n) is 4.57. The van der Waals surface area contributed by atoms with E-state index < -0.39 is 10.7 Å². The van der Waals surface area contributed by atoms with Crippen molar-refractivity contribution in [2.45, 2.75) is 25.0 Å². The number of hydrogen-bond donors (Lipinski definition) is 1. The summed E-state index contributed by atoms with van der Waals surface area (Å²) in [6.07, 6.45) is 0. The first-order valence-corrected chi connectivity index (χ1v) is 5.82. The Morgan fingerprint density at radius 3 is 2.07 bits per heavy atom. The Morgan fingerprint density at radius 2 is 1.64 bits per heavy atom. The SMILES string of the molecule is [CH2]c1ccc(C(C)C(C)[SH](=O)=O)cc1. The third kappa shape index (κ3) is 2.58. The molecule has 0 bridgehead atoms. The number of hydrogen-bond acceptors (Lipinski definition) is 2. The van der Waals surface area contributed by atoms with Crippen molar-refractivity contribution >= 4 is 10.7 Å². The van der Waals surface area contributed by atoms with E-state index in [0.717, 1.165) is 11.1 Å². The van der Waals surface area contributed by atoms with Crippen LogP contribution in [0.1, 0.15) is 30.9 Å². The van der Waals surface area contributed by atoms with E-state index in [4.69, 9.17) is 0 Å². The van der Waals surface area contributed by atoms with Crippen molar-refractivity contribution in [2.24, 2.45) is 0 Å². The van der Waals surface area contributed by atoms with Crippen molar-refractivity contribution in [1.29, 1.82) is 0 Å². The molecule has 0 aromatic heterocycles. The summed E-state index contributed by atoms with van der Waals surface area (Å²) in [4.78, 5) is 0. The quantitative estimate of drug-likeness (QED) is 0.776.